The van der Waals surface area contributed by atoms with E-state index in [0.717, 1.165) is 0 Å². The standard InChI is InChI=1S/C26H28.3C22H26.4C2H6/c1-25(2,3)23-19-13-9-7-11-17(19)16-22-21(23)15-18-12-8-10-14-20(18)24(22)26(4,5)6;1-21(2,3)19-15-11-7-9-13-17(15)20(22(4,5)6)18-14-10-8-12-16(18)19;1-21(2,3)18-13-9-10-15-14-19(22(4,5)6)16-11-7-8-12-17(16)20(15)18;1-21(2,3)19-13-9-12-17-18(19)14-15-10-7-8-11-16(15)20(17)22(4,5)6;4*1-2/h7-16H,1-6H3;3*7-14H,1-6H3;4*1-2H3. The molecule has 13 aromatic carbocycles. The second kappa shape index (κ2) is 32.0. The van der Waals surface area contributed by atoms with Gasteiger partial charge in [-0.15, -0.1) is 0 Å². The molecule has 0 amide bonds. The highest BCUT2D eigenvalue weighted by Gasteiger charge is 2.30. The Balaban J connectivity index is 0.000000203. The lowest BCUT2D eigenvalue weighted by atomic mass is 9.74. The number of fused-ring (bicyclic) bond motifs is 10. The van der Waals surface area contributed by atoms with Gasteiger partial charge in [-0.3, -0.25) is 0 Å². The number of hydrogen-bond donors (Lipinski definition) is 0. The van der Waals surface area contributed by atoms with Crippen LogP contribution >= 0.6 is 0 Å². The van der Waals surface area contributed by atoms with Gasteiger partial charge in [0.2, 0.25) is 0 Å². The fourth-order valence-corrected chi connectivity index (χ4v) is 15.2. The molecular weight excluding hydrogens is 1200 g/mol. The molecule has 0 heteroatoms. The first-order valence-corrected chi connectivity index (χ1v) is 38.0. The highest BCUT2D eigenvalue weighted by Crippen LogP contribution is 2.47. The van der Waals surface area contributed by atoms with Gasteiger partial charge in [0.05, 0.1) is 0 Å². The molecular formula is C100H130. The Hall–Kier alpha value is -7.80. The van der Waals surface area contributed by atoms with E-state index in [4.69, 9.17) is 0 Å². The van der Waals surface area contributed by atoms with Crippen LogP contribution in [0.25, 0.3) is 97.0 Å². The molecule has 0 spiro atoms. The smallest absolute Gasteiger partial charge is 0.00678 e. The summed E-state index contributed by atoms with van der Waals surface area (Å²) in [5.41, 5.74) is 12.6. The fraction of sp³-hybridized carbons (Fsp3) is 0.400. The monoisotopic (exact) mass is 1330 g/mol. The van der Waals surface area contributed by atoms with Gasteiger partial charge >= 0.3 is 0 Å². The van der Waals surface area contributed by atoms with Crippen molar-refractivity contribution in [2.75, 3.05) is 0 Å². The van der Waals surface area contributed by atoms with Gasteiger partial charge in [0.15, 0.2) is 0 Å². The van der Waals surface area contributed by atoms with Crippen LogP contribution in [0.5, 0.6) is 0 Å². The molecule has 0 saturated heterocycles. The summed E-state index contributed by atoms with van der Waals surface area (Å²) < 4.78 is 0. The highest BCUT2D eigenvalue weighted by atomic mass is 14.3. The first kappa shape index (κ1) is 81.2. The number of benzene rings is 13. The predicted octanol–water partition coefficient (Wildman–Crippen LogP) is 31.6. The molecule has 0 N–H and O–H groups in total. The first-order valence-electron chi connectivity index (χ1n) is 38.0. The molecule has 0 saturated carbocycles. The Morgan fingerprint density at radius 2 is 0.370 bits per heavy atom. The maximum atomic E-state index is 2.41. The van der Waals surface area contributed by atoms with Gasteiger partial charge in [0, 0.05) is 0 Å². The number of hydrogen-bond acceptors (Lipinski definition) is 0. The molecule has 0 nitrogen and oxygen atoms in total. The van der Waals surface area contributed by atoms with Gasteiger partial charge in [-0.05, 0) is 209 Å². The molecule has 100 heavy (non-hydrogen) atoms. The van der Waals surface area contributed by atoms with E-state index < -0.39 is 0 Å². The Morgan fingerprint density at radius 3 is 0.690 bits per heavy atom. The van der Waals surface area contributed by atoms with Gasteiger partial charge in [-0.1, -0.05) is 404 Å². The SMILES string of the molecule is CC.CC.CC.CC.CC(C)(C)c1c2ccccc2c(C(C)(C)C)c2ccccc12.CC(C)(C)c1c2ccccc2cc2c(C(C)(C)C)c3ccccc3cc12.CC(C)(C)c1cc2cccc(C(C)(C)C)c2c2ccccc12.CC(C)(C)c1cccc2c(C(C)(C)C)c3ccccc3cc12. The van der Waals surface area contributed by atoms with Crippen molar-refractivity contribution in [1.82, 2.24) is 0 Å². The quantitative estimate of drug-likeness (QED) is 0.105. The molecule has 0 atom stereocenters. The zero-order chi connectivity index (χ0) is 75.1. The van der Waals surface area contributed by atoms with E-state index in [0.29, 0.717) is 0 Å². The van der Waals surface area contributed by atoms with Crippen LogP contribution in [0.2, 0.25) is 0 Å². The van der Waals surface area contributed by atoms with Crippen LogP contribution in [0.4, 0.5) is 0 Å². The molecule has 0 heterocycles. The van der Waals surface area contributed by atoms with Gasteiger partial charge in [-0.2, -0.15) is 0 Å². The van der Waals surface area contributed by atoms with Crippen LogP contribution < -0.4 is 0 Å². The van der Waals surface area contributed by atoms with Crippen LogP contribution in [0.15, 0.2) is 206 Å². The van der Waals surface area contributed by atoms with Crippen molar-refractivity contribution in [2.24, 2.45) is 0 Å². The number of rotatable bonds is 0. The third-order valence-electron chi connectivity index (χ3n) is 18.8. The summed E-state index contributed by atoms with van der Waals surface area (Å²) in [6.07, 6.45) is 0. The van der Waals surface area contributed by atoms with Crippen molar-refractivity contribution in [3.05, 3.63) is 251 Å². The lowest BCUT2D eigenvalue weighted by Crippen LogP contribution is -2.17. The molecule has 0 aliphatic heterocycles. The summed E-state index contributed by atoms with van der Waals surface area (Å²) in [6, 6.07) is 76.3. The molecule has 0 radical (unpaired) electrons. The maximum Gasteiger partial charge on any atom is -0.00678 e. The highest BCUT2D eigenvalue weighted by molar-refractivity contribution is 6.13. The molecule has 13 aromatic rings. The third-order valence-corrected chi connectivity index (χ3v) is 18.8. The van der Waals surface area contributed by atoms with E-state index in [-0.39, 0.29) is 43.3 Å². The largest absolute Gasteiger partial charge is 0.0683 e. The predicted molar refractivity (Wildman–Crippen MR) is 458 cm³/mol. The maximum absolute atomic E-state index is 2.41. The summed E-state index contributed by atoms with van der Waals surface area (Å²) in [6.45, 7) is 71.6. The lowest BCUT2D eigenvalue weighted by molar-refractivity contribution is 0.593. The van der Waals surface area contributed by atoms with E-state index in [1.165, 1.54) is 141 Å². The molecule has 0 aliphatic rings. The molecule has 0 fully saturated rings. The van der Waals surface area contributed by atoms with Gasteiger partial charge in [-0.25, -0.2) is 0 Å². The average Bonchev–Trinajstić information content (AvgIpc) is 0.731. The second-order valence-corrected chi connectivity index (χ2v) is 34.6. The summed E-state index contributed by atoms with van der Waals surface area (Å²) in [5, 5.41) is 24.9. The minimum absolute atomic E-state index is 0.0801. The van der Waals surface area contributed by atoms with Crippen LogP contribution in [0.3, 0.4) is 0 Å². The Morgan fingerprint density at radius 1 is 0.150 bits per heavy atom. The van der Waals surface area contributed by atoms with Crippen molar-refractivity contribution >= 4 is 97.0 Å². The van der Waals surface area contributed by atoms with Crippen molar-refractivity contribution < 1.29 is 0 Å². The Bertz CT molecular complexity index is 4620. The molecule has 0 aromatic heterocycles. The Kier molecular flexibility index (Phi) is 26.0. The molecule has 530 valence electrons. The van der Waals surface area contributed by atoms with Crippen LogP contribution in [0.1, 0.15) is 266 Å². The Labute approximate surface area is 608 Å². The molecule has 0 aliphatic carbocycles. The topological polar surface area (TPSA) is 0 Å². The molecule has 0 unspecified atom stereocenters. The van der Waals surface area contributed by atoms with E-state index in [1.54, 1.807) is 0 Å². The fourth-order valence-electron chi connectivity index (χ4n) is 15.2. The van der Waals surface area contributed by atoms with Crippen molar-refractivity contribution in [3.63, 3.8) is 0 Å². The van der Waals surface area contributed by atoms with E-state index in [2.05, 4.69) is 372 Å². The second-order valence-electron chi connectivity index (χ2n) is 34.6. The van der Waals surface area contributed by atoms with Gasteiger partial charge in [0.25, 0.3) is 0 Å². The van der Waals surface area contributed by atoms with Crippen molar-refractivity contribution in [2.45, 2.75) is 265 Å². The van der Waals surface area contributed by atoms with Crippen molar-refractivity contribution in [1.29, 1.82) is 0 Å². The minimum Gasteiger partial charge on any atom is -0.0683 e. The summed E-state index contributed by atoms with van der Waals surface area (Å²) in [5.74, 6) is 0. The van der Waals surface area contributed by atoms with Gasteiger partial charge < -0.3 is 0 Å². The summed E-state index contributed by atoms with van der Waals surface area (Å²) in [4.78, 5) is 0. The van der Waals surface area contributed by atoms with Crippen LogP contribution in [0, 0.1) is 0 Å². The van der Waals surface area contributed by atoms with Crippen LogP contribution in [-0.4, -0.2) is 0 Å². The average molecular weight is 1330 g/mol. The van der Waals surface area contributed by atoms with Crippen molar-refractivity contribution in [3.8, 4) is 0 Å². The minimum atomic E-state index is 0.0801. The third kappa shape index (κ3) is 17.6. The zero-order valence-corrected chi connectivity index (χ0v) is 68.6. The molecule has 0 bridgehead atoms. The van der Waals surface area contributed by atoms with E-state index in [1.807, 2.05) is 55.4 Å². The van der Waals surface area contributed by atoms with E-state index in [9.17, 15) is 0 Å². The van der Waals surface area contributed by atoms with Crippen LogP contribution in [-0.2, 0) is 43.3 Å². The van der Waals surface area contributed by atoms with E-state index >= 15 is 0 Å². The summed E-state index contributed by atoms with van der Waals surface area (Å²) >= 11 is 0. The lowest BCUT2D eigenvalue weighted by Gasteiger charge is -2.30. The zero-order valence-electron chi connectivity index (χ0n) is 68.6. The summed E-state index contributed by atoms with van der Waals surface area (Å²) in [7, 11) is 0. The normalized spacial score (nSPS) is 12.2. The first-order chi connectivity index (χ1) is 46.8. The molecule has 13 rings (SSSR count). The van der Waals surface area contributed by atoms with Gasteiger partial charge in [0.1, 0.15) is 0 Å².